The quantitative estimate of drug-likeness (QED) is 0.293. The van der Waals surface area contributed by atoms with Crippen LogP contribution in [0.2, 0.25) is 0 Å². The van der Waals surface area contributed by atoms with Crippen LogP contribution in [0.25, 0.3) is 0 Å². The van der Waals surface area contributed by atoms with Crippen molar-refractivity contribution in [1.29, 1.82) is 0 Å². The number of hydrogen-bond donors (Lipinski definition) is 0. The summed E-state index contributed by atoms with van der Waals surface area (Å²) >= 11 is 5.92. The molecular weight excluding hydrogens is 214 g/mol. The number of nitrogens with zero attached hydrogens (tertiary/aromatic N) is 1. The number of hydroxylamine groups is 2. The molecule has 3 nitrogen and oxygen atoms in total. The van der Waals surface area contributed by atoms with Crippen LogP contribution >= 0.6 is 11.6 Å². The molecule has 0 saturated heterocycles. The fraction of sp³-hybridized carbons (Fsp3) is 0.727. The highest BCUT2D eigenvalue weighted by Crippen LogP contribution is 2.11. The molecule has 0 spiro atoms. The van der Waals surface area contributed by atoms with E-state index in [0.29, 0.717) is 6.42 Å². The van der Waals surface area contributed by atoms with Crippen LogP contribution in [0.1, 0.15) is 32.6 Å². The average molecular weight is 234 g/mol. The molecule has 15 heavy (non-hydrogen) atoms. The molecule has 88 valence electrons. The molecule has 0 saturated carbocycles. The van der Waals surface area contributed by atoms with Gasteiger partial charge in [-0.15, -0.1) is 11.6 Å². The summed E-state index contributed by atoms with van der Waals surface area (Å²) in [6, 6.07) is 0. The van der Waals surface area contributed by atoms with Crippen molar-refractivity contribution in [1.82, 2.24) is 5.06 Å². The van der Waals surface area contributed by atoms with E-state index < -0.39 is 5.38 Å². The Morgan fingerprint density at radius 2 is 2.20 bits per heavy atom. The molecule has 4 heteroatoms. The fourth-order valence-electron chi connectivity index (χ4n) is 1.11. The Balaban J connectivity index is 3.69. The van der Waals surface area contributed by atoms with Gasteiger partial charge in [0.2, 0.25) is 0 Å². The molecule has 0 aromatic carbocycles. The number of unbranched alkanes of at least 4 members (excludes halogenated alkanes) is 1. The van der Waals surface area contributed by atoms with Gasteiger partial charge in [-0.1, -0.05) is 19.1 Å². The minimum absolute atomic E-state index is 0.182. The number of amides is 1. The van der Waals surface area contributed by atoms with Gasteiger partial charge in [0.05, 0.1) is 7.11 Å². The summed E-state index contributed by atoms with van der Waals surface area (Å²) in [7, 11) is 3.01. The Bertz CT molecular complexity index is 207. The summed E-state index contributed by atoms with van der Waals surface area (Å²) in [6.45, 7) is 2.10. The normalized spacial score (nSPS) is 13.1. The second-order valence-corrected chi connectivity index (χ2v) is 3.82. The van der Waals surface area contributed by atoms with Crippen molar-refractivity contribution in [3.63, 3.8) is 0 Å². The minimum atomic E-state index is -0.482. The first-order chi connectivity index (χ1) is 7.13. The number of hydrogen-bond acceptors (Lipinski definition) is 2. The first-order valence-electron chi connectivity index (χ1n) is 5.24. The summed E-state index contributed by atoms with van der Waals surface area (Å²) < 4.78 is 0. The van der Waals surface area contributed by atoms with Crippen molar-refractivity contribution >= 4 is 17.5 Å². The van der Waals surface area contributed by atoms with Gasteiger partial charge >= 0.3 is 0 Å². The smallest absolute Gasteiger partial charge is 0.263 e. The standard InChI is InChI=1S/C11H20ClNO2/c1-4-5-6-7-8-9-10(12)11(14)13(2)15-3/h5-6,10H,4,7-9H2,1-3H3/b6-5-. The molecule has 0 bridgehead atoms. The molecule has 1 unspecified atom stereocenters. The van der Waals surface area contributed by atoms with E-state index in [4.69, 9.17) is 16.4 Å². The van der Waals surface area contributed by atoms with Crippen LogP contribution in [-0.2, 0) is 9.63 Å². The molecule has 0 aromatic rings. The second-order valence-electron chi connectivity index (χ2n) is 3.30. The zero-order chi connectivity index (χ0) is 11.7. The van der Waals surface area contributed by atoms with Crippen LogP contribution in [0.3, 0.4) is 0 Å². The summed E-state index contributed by atoms with van der Waals surface area (Å²) in [4.78, 5) is 16.2. The maximum absolute atomic E-state index is 11.4. The highest BCUT2D eigenvalue weighted by Gasteiger charge is 2.18. The van der Waals surface area contributed by atoms with Crippen molar-refractivity contribution < 1.29 is 9.63 Å². The highest BCUT2D eigenvalue weighted by molar-refractivity contribution is 6.30. The Morgan fingerprint density at radius 3 is 2.73 bits per heavy atom. The van der Waals surface area contributed by atoms with E-state index >= 15 is 0 Å². The first-order valence-corrected chi connectivity index (χ1v) is 5.67. The van der Waals surface area contributed by atoms with Gasteiger partial charge < -0.3 is 0 Å². The molecule has 0 heterocycles. The third-order valence-electron chi connectivity index (χ3n) is 2.08. The Labute approximate surface area is 97.0 Å². The third kappa shape index (κ3) is 6.52. The van der Waals surface area contributed by atoms with Crippen molar-refractivity contribution in [3.8, 4) is 0 Å². The molecule has 0 aliphatic rings. The Morgan fingerprint density at radius 1 is 1.53 bits per heavy atom. The number of allylic oxidation sites excluding steroid dienone is 2. The zero-order valence-electron chi connectivity index (χ0n) is 9.70. The lowest BCUT2D eigenvalue weighted by Crippen LogP contribution is -2.32. The van der Waals surface area contributed by atoms with Crippen LogP contribution in [0, 0.1) is 0 Å². The maximum Gasteiger partial charge on any atom is 0.263 e. The average Bonchev–Trinajstić information content (AvgIpc) is 2.26. The van der Waals surface area contributed by atoms with Crippen molar-refractivity contribution in [3.05, 3.63) is 12.2 Å². The molecule has 1 atom stereocenters. The van der Waals surface area contributed by atoms with Gasteiger partial charge in [-0.2, -0.15) is 0 Å². The summed E-state index contributed by atoms with van der Waals surface area (Å²) in [5.74, 6) is -0.182. The van der Waals surface area contributed by atoms with Gasteiger partial charge in [0, 0.05) is 7.05 Å². The van der Waals surface area contributed by atoms with Crippen molar-refractivity contribution in [2.75, 3.05) is 14.2 Å². The Kier molecular flexibility index (Phi) is 8.43. The van der Waals surface area contributed by atoms with Crippen LogP contribution in [0.15, 0.2) is 12.2 Å². The van der Waals surface area contributed by atoms with Gasteiger partial charge in [0.25, 0.3) is 5.91 Å². The molecule has 0 radical (unpaired) electrons. The minimum Gasteiger partial charge on any atom is -0.275 e. The summed E-state index contributed by atoms with van der Waals surface area (Å²) in [6.07, 6.45) is 7.87. The van der Waals surface area contributed by atoms with E-state index in [1.807, 2.05) is 0 Å². The van der Waals surface area contributed by atoms with Crippen LogP contribution in [0.5, 0.6) is 0 Å². The Hall–Kier alpha value is -0.540. The molecule has 0 aromatic heterocycles. The molecule has 0 N–H and O–H groups in total. The lowest BCUT2D eigenvalue weighted by atomic mass is 10.1. The predicted molar refractivity (Wildman–Crippen MR) is 62.7 cm³/mol. The van der Waals surface area contributed by atoms with Crippen LogP contribution in [-0.4, -0.2) is 30.5 Å². The zero-order valence-corrected chi connectivity index (χ0v) is 10.5. The molecule has 0 aliphatic carbocycles. The number of halogens is 1. The van der Waals surface area contributed by atoms with E-state index in [1.54, 1.807) is 7.05 Å². The molecule has 0 aliphatic heterocycles. The lowest BCUT2D eigenvalue weighted by Gasteiger charge is -2.16. The SMILES string of the molecule is CC/C=C\CCCC(Cl)C(=O)N(C)OC. The highest BCUT2D eigenvalue weighted by atomic mass is 35.5. The number of carbonyl (C=O) groups is 1. The lowest BCUT2D eigenvalue weighted by molar-refractivity contribution is -0.168. The monoisotopic (exact) mass is 233 g/mol. The molecule has 1 amide bonds. The third-order valence-corrected chi connectivity index (χ3v) is 2.49. The van der Waals surface area contributed by atoms with Gasteiger partial charge in [0.1, 0.15) is 5.38 Å². The van der Waals surface area contributed by atoms with Crippen molar-refractivity contribution in [2.45, 2.75) is 38.0 Å². The van der Waals surface area contributed by atoms with Gasteiger partial charge in [-0.3, -0.25) is 9.63 Å². The molecule has 0 fully saturated rings. The van der Waals surface area contributed by atoms with E-state index in [0.717, 1.165) is 19.3 Å². The van der Waals surface area contributed by atoms with E-state index in [1.165, 1.54) is 12.2 Å². The van der Waals surface area contributed by atoms with Crippen LogP contribution in [0.4, 0.5) is 0 Å². The second kappa shape index (κ2) is 8.74. The van der Waals surface area contributed by atoms with E-state index in [2.05, 4.69) is 19.1 Å². The maximum atomic E-state index is 11.4. The van der Waals surface area contributed by atoms with Crippen molar-refractivity contribution in [2.24, 2.45) is 0 Å². The topological polar surface area (TPSA) is 29.5 Å². The largest absolute Gasteiger partial charge is 0.275 e. The van der Waals surface area contributed by atoms with E-state index in [9.17, 15) is 4.79 Å². The number of alkyl halides is 1. The van der Waals surface area contributed by atoms with Gasteiger partial charge in [-0.05, 0) is 25.7 Å². The number of rotatable bonds is 7. The molecule has 0 rings (SSSR count). The van der Waals surface area contributed by atoms with Crippen LogP contribution < -0.4 is 0 Å². The van der Waals surface area contributed by atoms with E-state index in [-0.39, 0.29) is 5.91 Å². The van der Waals surface area contributed by atoms with Gasteiger partial charge in [-0.25, -0.2) is 5.06 Å². The van der Waals surface area contributed by atoms with Gasteiger partial charge in [0.15, 0.2) is 0 Å². The first kappa shape index (κ1) is 14.5. The molecular formula is C11H20ClNO2. The predicted octanol–water partition coefficient (Wildman–Crippen LogP) is 2.75. The number of carbonyl (C=O) groups excluding carboxylic acids is 1. The fourth-order valence-corrected chi connectivity index (χ4v) is 1.40. The summed E-state index contributed by atoms with van der Waals surface area (Å²) in [5.41, 5.74) is 0. The summed E-state index contributed by atoms with van der Waals surface area (Å²) in [5, 5.41) is 0.685.